The van der Waals surface area contributed by atoms with E-state index in [1.165, 1.54) is 11.1 Å². The van der Waals surface area contributed by atoms with Crippen molar-refractivity contribution in [3.63, 3.8) is 0 Å². The molecule has 9 N–H and O–H groups in total. The number of hydrogen-bond donors (Lipinski definition) is 9. The van der Waals surface area contributed by atoms with Crippen LogP contribution in [0.15, 0.2) is 36.4 Å². The van der Waals surface area contributed by atoms with Crippen molar-refractivity contribution in [2.45, 2.75) is 171 Å². The van der Waals surface area contributed by atoms with Crippen molar-refractivity contribution in [2.24, 2.45) is 5.41 Å². The van der Waals surface area contributed by atoms with Crippen LogP contribution in [0.25, 0.3) is 0 Å². The van der Waals surface area contributed by atoms with E-state index >= 15 is 0 Å². The number of nitrogens with zero attached hydrogens (tertiary/aromatic N) is 1. The van der Waals surface area contributed by atoms with E-state index in [0.717, 1.165) is 16.7 Å². The van der Waals surface area contributed by atoms with Gasteiger partial charge in [-0.05, 0) is 97.1 Å². The molecule has 13 heteroatoms. The van der Waals surface area contributed by atoms with Gasteiger partial charge in [0, 0.05) is 18.1 Å². The summed E-state index contributed by atoms with van der Waals surface area (Å²) in [5.41, 5.74) is 3.64. The highest BCUT2D eigenvalue weighted by atomic mass is 31.2. The molecule has 0 aliphatic rings. The largest absolute Gasteiger partial charge is 0.485 e. The van der Waals surface area contributed by atoms with Gasteiger partial charge >= 0.3 is 17.2 Å². The SMILES string of the molecule is CC(C)(C)c1ccc(OC(c2ccc(C(C)(C)C)cc2C(C)(C)C)C(CO)(CO)CO)c(C(C)(C)C)c1.CC(C)N(C(C)C)C(C)C.OP(O)O.OP(O)O. The molecule has 55 heavy (non-hydrogen) atoms. The predicted octanol–water partition coefficient (Wildman–Crippen LogP) is 7.85. The van der Waals surface area contributed by atoms with Crippen molar-refractivity contribution in [2.75, 3.05) is 19.8 Å². The Balaban J connectivity index is 0. The van der Waals surface area contributed by atoms with Gasteiger partial charge in [-0.2, -0.15) is 0 Å². The van der Waals surface area contributed by atoms with Gasteiger partial charge in [0.25, 0.3) is 0 Å². The fraction of sp³-hybridized carbons (Fsp3) is 0.714. The topological polar surface area (TPSA) is 195 Å². The minimum atomic E-state index is -2.62. The maximum atomic E-state index is 10.5. The zero-order valence-corrected chi connectivity index (χ0v) is 39.0. The third-order valence-corrected chi connectivity index (χ3v) is 9.20. The Bertz CT molecular complexity index is 1330. The molecular weight excluding hydrogens is 740 g/mol. The summed E-state index contributed by atoms with van der Waals surface area (Å²) in [6.07, 6.45) is -0.766. The summed E-state index contributed by atoms with van der Waals surface area (Å²) in [7, 11) is -5.24. The molecule has 11 nitrogen and oxygen atoms in total. The average Bonchev–Trinajstić information content (AvgIpc) is 2.98. The van der Waals surface area contributed by atoms with Gasteiger partial charge in [0.15, 0.2) is 0 Å². The van der Waals surface area contributed by atoms with Gasteiger partial charge in [0.2, 0.25) is 0 Å². The number of aliphatic hydroxyl groups excluding tert-OH is 3. The molecule has 2 aromatic carbocycles. The van der Waals surface area contributed by atoms with E-state index in [4.69, 9.17) is 34.1 Å². The lowest BCUT2D eigenvalue weighted by molar-refractivity contribution is -0.0752. The third-order valence-electron chi connectivity index (χ3n) is 9.20. The van der Waals surface area contributed by atoms with Gasteiger partial charge in [-0.1, -0.05) is 113 Å². The Morgan fingerprint density at radius 2 is 0.818 bits per heavy atom. The molecule has 0 aliphatic carbocycles. The van der Waals surface area contributed by atoms with Crippen molar-refractivity contribution >= 4 is 17.2 Å². The van der Waals surface area contributed by atoms with Crippen molar-refractivity contribution in [3.05, 3.63) is 64.2 Å². The first kappa shape index (κ1) is 55.8. The van der Waals surface area contributed by atoms with Crippen molar-refractivity contribution in [1.29, 1.82) is 0 Å². The van der Waals surface area contributed by atoms with Crippen molar-refractivity contribution < 1.29 is 49.4 Å². The monoisotopic (exact) mass is 820 g/mol. The fourth-order valence-electron chi connectivity index (χ4n) is 6.42. The Labute approximate surface area is 336 Å². The van der Waals surface area contributed by atoms with Gasteiger partial charge in [-0.25, -0.2) is 0 Å². The third kappa shape index (κ3) is 19.3. The molecule has 0 fully saturated rings. The lowest BCUT2D eigenvalue weighted by Gasteiger charge is -2.40. The van der Waals surface area contributed by atoms with E-state index < -0.39 is 48.5 Å². The van der Waals surface area contributed by atoms with E-state index in [0.29, 0.717) is 23.9 Å². The van der Waals surface area contributed by atoms with E-state index in [2.05, 4.69) is 160 Å². The summed E-state index contributed by atoms with van der Waals surface area (Å²) in [4.78, 5) is 45.9. The maximum absolute atomic E-state index is 10.5. The molecule has 2 rings (SSSR count). The molecule has 0 saturated heterocycles. The first-order valence-corrected chi connectivity index (χ1v) is 21.3. The summed E-state index contributed by atoms with van der Waals surface area (Å²) >= 11 is 0. The van der Waals surface area contributed by atoms with Gasteiger partial charge in [0.1, 0.15) is 11.9 Å². The van der Waals surface area contributed by atoms with E-state index in [9.17, 15) is 15.3 Å². The lowest BCUT2D eigenvalue weighted by Crippen LogP contribution is -2.43. The molecule has 0 aromatic heterocycles. The predicted molar refractivity (Wildman–Crippen MR) is 229 cm³/mol. The highest BCUT2D eigenvalue weighted by Gasteiger charge is 2.43. The van der Waals surface area contributed by atoms with Crippen LogP contribution in [0.2, 0.25) is 0 Å². The zero-order chi connectivity index (χ0) is 44.1. The van der Waals surface area contributed by atoms with Crippen LogP contribution in [0, 0.1) is 5.41 Å². The van der Waals surface area contributed by atoms with Crippen molar-refractivity contribution in [1.82, 2.24) is 4.90 Å². The van der Waals surface area contributed by atoms with E-state index in [1.807, 2.05) is 6.07 Å². The minimum absolute atomic E-state index is 0.0226. The Morgan fingerprint density at radius 3 is 1.07 bits per heavy atom. The molecule has 0 saturated carbocycles. The molecule has 2 aromatic rings. The molecule has 0 amide bonds. The van der Waals surface area contributed by atoms with E-state index in [1.54, 1.807) is 0 Å². The maximum Gasteiger partial charge on any atom is 0.324 e. The van der Waals surface area contributed by atoms with Gasteiger partial charge < -0.3 is 49.4 Å². The van der Waals surface area contributed by atoms with Crippen LogP contribution in [0.1, 0.15) is 159 Å². The Kier molecular flexibility index (Phi) is 23.7. The zero-order valence-electron chi connectivity index (χ0n) is 37.2. The summed E-state index contributed by atoms with van der Waals surface area (Å²) in [6, 6.07) is 14.7. The summed E-state index contributed by atoms with van der Waals surface area (Å²) in [5.74, 6) is 0.699. The standard InChI is InChI=1S/C33H52O4.C9H21N.2H3O3P/c1-29(2,3)22-13-15-24(25(17-22)31(7,8)9)28(33(19-34,20-35)21-36)37-27-16-14-23(30(4,5)6)18-26(27)32(10,11)12;1-7(2)10(8(3)4)9(5)6;2*1-4(2)3/h13-18,28,34-36H,19-21H2,1-12H3;7-9H,1-6H3;2*1-3H. The lowest BCUT2D eigenvalue weighted by atomic mass is 9.72. The molecule has 0 spiro atoms. The number of benzene rings is 2. The second-order valence-corrected chi connectivity index (χ2v) is 20.2. The number of aliphatic hydroxyl groups is 3. The highest BCUT2D eigenvalue weighted by molar-refractivity contribution is 7.38. The van der Waals surface area contributed by atoms with Gasteiger partial charge in [-0.15, -0.1) is 0 Å². The van der Waals surface area contributed by atoms with Crippen LogP contribution in [-0.4, -0.2) is 87.5 Å². The normalized spacial score (nSPS) is 13.4. The number of ether oxygens (including phenoxy) is 1. The number of hydrogen-bond acceptors (Lipinski definition) is 11. The van der Waals surface area contributed by atoms with Crippen LogP contribution in [0.3, 0.4) is 0 Å². The van der Waals surface area contributed by atoms with Gasteiger partial charge in [0.05, 0.1) is 25.2 Å². The van der Waals surface area contributed by atoms with Crippen LogP contribution in [0.4, 0.5) is 0 Å². The second-order valence-electron chi connectivity index (χ2n) is 19.1. The average molecular weight is 820 g/mol. The number of rotatable bonds is 10. The highest BCUT2D eigenvalue weighted by Crippen LogP contribution is 2.45. The minimum Gasteiger partial charge on any atom is -0.485 e. The van der Waals surface area contributed by atoms with E-state index in [-0.39, 0.29) is 21.7 Å². The summed E-state index contributed by atoms with van der Waals surface area (Å²) in [5, 5.41) is 31.6. The summed E-state index contributed by atoms with van der Waals surface area (Å²) in [6.45, 7) is 38.4. The molecule has 1 unspecified atom stereocenters. The first-order chi connectivity index (χ1) is 24.6. The van der Waals surface area contributed by atoms with Crippen LogP contribution < -0.4 is 4.74 Å². The Hall–Kier alpha value is -1.30. The van der Waals surface area contributed by atoms with Gasteiger partial charge in [-0.3, -0.25) is 4.90 Å². The van der Waals surface area contributed by atoms with Crippen LogP contribution in [0.5, 0.6) is 5.75 Å². The molecule has 0 radical (unpaired) electrons. The fourth-order valence-corrected chi connectivity index (χ4v) is 6.42. The quantitative estimate of drug-likeness (QED) is 0.106. The molecule has 0 heterocycles. The molecule has 0 aliphatic heterocycles. The summed E-state index contributed by atoms with van der Waals surface area (Å²) < 4.78 is 6.85. The molecule has 322 valence electrons. The van der Waals surface area contributed by atoms with Crippen LogP contribution >= 0.6 is 17.2 Å². The molecular formula is C42H79NO10P2. The smallest absolute Gasteiger partial charge is 0.324 e. The van der Waals surface area contributed by atoms with Crippen LogP contribution in [-0.2, 0) is 21.7 Å². The molecule has 0 bridgehead atoms. The Morgan fingerprint density at radius 1 is 0.509 bits per heavy atom. The van der Waals surface area contributed by atoms with Crippen molar-refractivity contribution in [3.8, 4) is 5.75 Å². The molecule has 1 atom stereocenters. The first-order valence-electron chi connectivity index (χ1n) is 18.9. The second kappa shape index (κ2) is 23.3.